The van der Waals surface area contributed by atoms with E-state index in [4.69, 9.17) is 4.74 Å². The van der Waals surface area contributed by atoms with E-state index in [-0.39, 0.29) is 13.2 Å². The van der Waals surface area contributed by atoms with Gasteiger partial charge in [0.25, 0.3) is 0 Å². The van der Waals surface area contributed by atoms with E-state index in [1.165, 1.54) is 0 Å². The van der Waals surface area contributed by atoms with Gasteiger partial charge in [-0.05, 0) is 6.92 Å². The highest BCUT2D eigenvalue weighted by Gasteiger charge is 2.43. The molecule has 11 heavy (non-hydrogen) atoms. The van der Waals surface area contributed by atoms with E-state index < -0.39 is 5.67 Å². The summed E-state index contributed by atoms with van der Waals surface area (Å²) in [4.78, 5) is 6.75. The molecule has 3 nitrogen and oxygen atoms in total. The molecule has 1 N–H and O–H groups in total. The molecule has 60 valence electrons. The van der Waals surface area contributed by atoms with Gasteiger partial charge in [-0.3, -0.25) is 0 Å². The van der Waals surface area contributed by atoms with Crippen molar-refractivity contribution < 1.29 is 9.13 Å². The van der Waals surface area contributed by atoms with E-state index in [1.54, 1.807) is 6.20 Å². The lowest BCUT2D eigenvalue weighted by Crippen LogP contribution is -2.43. The SMILES string of the molecule is Cc1cnc(C2(F)COC2)[nH]1. The molecule has 1 aliphatic heterocycles. The van der Waals surface area contributed by atoms with Gasteiger partial charge < -0.3 is 9.72 Å². The number of nitrogens with one attached hydrogen (secondary N) is 1. The van der Waals surface area contributed by atoms with Crippen LogP contribution in [0.1, 0.15) is 11.5 Å². The molecule has 0 saturated carbocycles. The number of aryl methyl sites for hydroxylation is 1. The number of rotatable bonds is 1. The van der Waals surface area contributed by atoms with Gasteiger partial charge in [-0.15, -0.1) is 0 Å². The Hall–Kier alpha value is -0.900. The molecule has 0 bridgehead atoms. The summed E-state index contributed by atoms with van der Waals surface area (Å²) in [6, 6.07) is 0. The maximum atomic E-state index is 13.4. The van der Waals surface area contributed by atoms with E-state index >= 15 is 0 Å². The number of H-pyrrole nitrogens is 1. The van der Waals surface area contributed by atoms with Crippen LogP contribution in [0.15, 0.2) is 6.20 Å². The van der Waals surface area contributed by atoms with Crippen LogP contribution < -0.4 is 0 Å². The molecule has 1 aromatic rings. The number of ether oxygens (including phenoxy) is 1. The second-order valence-electron chi connectivity index (χ2n) is 2.87. The Morgan fingerprint density at radius 2 is 2.45 bits per heavy atom. The third-order valence-corrected chi connectivity index (χ3v) is 1.79. The molecule has 0 atom stereocenters. The number of imidazole rings is 1. The molecular weight excluding hydrogens is 147 g/mol. The van der Waals surface area contributed by atoms with Gasteiger partial charge in [0, 0.05) is 11.9 Å². The van der Waals surface area contributed by atoms with Crippen molar-refractivity contribution in [1.29, 1.82) is 0 Å². The molecule has 0 amide bonds. The normalized spacial score (nSPS) is 21.3. The van der Waals surface area contributed by atoms with Crippen molar-refractivity contribution in [2.75, 3.05) is 13.2 Å². The summed E-state index contributed by atoms with van der Waals surface area (Å²) in [5.41, 5.74) is -0.474. The summed E-state index contributed by atoms with van der Waals surface area (Å²) in [6.45, 7) is 2.10. The molecule has 1 fully saturated rings. The summed E-state index contributed by atoms with van der Waals surface area (Å²) in [7, 11) is 0. The molecule has 0 spiro atoms. The third kappa shape index (κ3) is 0.939. The first kappa shape index (κ1) is 6.79. The maximum absolute atomic E-state index is 13.4. The molecule has 0 radical (unpaired) electrons. The summed E-state index contributed by atoms with van der Waals surface area (Å²) >= 11 is 0. The van der Waals surface area contributed by atoms with Crippen molar-refractivity contribution in [2.24, 2.45) is 0 Å². The third-order valence-electron chi connectivity index (χ3n) is 1.79. The smallest absolute Gasteiger partial charge is 0.214 e. The highest BCUT2D eigenvalue weighted by Crippen LogP contribution is 2.31. The molecule has 0 aromatic carbocycles. The van der Waals surface area contributed by atoms with Crippen LogP contribution >= 0.6 is 0 Å². The predicted molar refractivity (Wildman–Crippen MR) is 36.9 cm³/mol. The van der Waals surface area contributed by atoms with Gasteiger partial charge in [-0.25, -0.2) is 9.37 Å². The Bertz CT molecular complexity index is 267. The lowest BCUT2D eigenvalue weighted by atomic mass is 10.0. The van der Waals surface area contributed by atoms with Gasteiger partial charge in [0.1, 0.15) is 5.82 Å². The van der Waals surface area contributed by atoms with Crippen molar-refractivity contribution in [3.8, 4) is 0 Å². The quantitative estimate of drug-likeness (QED) is 0.656. The van der Waals surface area contributed by atoms with Gasteiger partial charge in [0.05, 0.1) is 13.2 Å². The lowest BCUT2D eigenvalue weighted by Gasteiger charge is -2.31. The fraction of sp³-hybridized carbons (Fsp3) is 0.571. The molecule has 4 heteroatoms. The van der Waals surface area contributed by atoms with E-state index in [1.807, 2.05) is 6.92 Å². The standard InChI is InChI=1S/C7H9FN2O/c1-5-2-9-6(10-5)7(8)3-11-4-7/h2H,3-4H2,1H3,(H,9,10). The van der Waals surface area contributed by atoms with Crippen LogP contribution in [0.3, 0.4) is 0 Å². The van der Waals surface area contributed by atoms with Crippen LogP contribution in [0.2, 0.25) is 0 Å². The van der Waals surface area contributed by atoms with Crippen molar-refractivity contribution in [3.63, 3.8) is 0 Å². The highest BCUT2D eigenvalue weighted by atomic mass is 19.1. The predicted octanol–water partition coefficient (Wildman–Crippen LogP) is 0.913. The summed E-state index contributed by atoms with van der Waals surface area (Å²) < 4.78 is 18.2. The van der Waals surface area contributed by atoms with Crippen LogP contribution in [0.5, 0.6) is 0 Å². The minimum atomic E-state index is -1.35. The lowest BCUT2D eigenvalue weighted by molar-refractivity contribution is -0.139. The average molecular weight is 156 g/mol. The van der Waals surface area contributed by atoms with Crippen molar-refractivity contribution in [2.45, 2.75) is 12.6 Å². The minimum Gasteiger partial charge on any atom is -0.374 e. The first-order valence-electron chi connectivity index (χ1n) is 3.49. The fourth-order valence-electron chi connectivity index (χ4n) is 1.06. The molecule has 1 aromatic heterocycles. The summed E-state index contributed by atoms with van der Waals surface area (Å²) in [6.07, 6.45) is 1.62. The molecule has 2 rings (SSSR count). The average Bonchev–Trinajstić information content (AvgIpc) is 2.31. The molecule has 2 heterocycles. The van der Waals surface area contributed by atoms with Crippen molar-refractivity contribution in [1.82, 2.24) is 9.97 Å². The van der Waals surface area contributed by atoms with E-state index in [2.05, 4.69) is 9.97 Å². The monoisotopic (exact) mass is 156 g/mol. The zero-order chi connectivity index (χ0) is 7.90. The molecule has 1 saturated heterocycles. The Morgan fingerprint density at radius 3 is 2.82 bits per heavy atom. The van der Waals surface area contributed by atoms with Crippen LogP contribution in [-0.2, 0) is 10.4 Å². The van der Waals surface area contributed by atoms with Crippen molar-refractivity contribution >= 4 is 0 Å². The first-order chi connectivity index (χ1) is 5.21. The van der Waals surface area contributed by atoms with Gasteiger partial charge in [-0.1, -0.05) is 0 Å². The van der Waals surface area contributed by atoms with E-state index in [0.717, 1.165) is 5.69 Å². The van der Waals surface area contributed by atoms with Crippen LogP contribution in [0.4, 0.5) is 4.39 Å². The number of halogens is 1. The van der Waals surface area contributed by atoms with Crippen LogP contribution in [0, 0.1) is 6.92 Å². The zero-order valence-corrected chi connectivity index (χ0v) is 6.22. The highest BCUT2D eigenvalue weighted by molar-refractivity contribution is 5.10. The number of aromatic amines is 1. The van der Waals surface area contributed by atoms with Gasteiger partial charge in [0.2, 0.25) is 5.67 Å². The van der Waals surface area contributed by atoms with Gasteiger partial charge >= 0.3 is 0 Å². The molecular formula is C7H9FN2O. The molecule has 0 unspecified atom stereocenters. The topological polar surface area (TPSA) is 37.9 Å². The minimum absolute atomic E-state index is 0.125. The Labute approximate surface area is 63.6 Å². The first-order valence-corrected chi connectivity index (χ1v) is 3.49. The maximum Gasteiger partial charge on any atom is 0.214 e. The van der Waals surface area contributed by atoms with Crippen LogP contribution in [-0.4, -0.2) is 23.2 Å². The second kappa shape index (κ2) is 2.04. The Morgan fingerprint density at radius 1 is 1.73 bits per heavy atom. The Balaban J connectivity index is 2.28. The number of nitrogens with zero attached hydrogens (tertiary/aromatic N) is 1. The van der Waals surface area contributed by atoms with Crippen LogP contribution in [0.25, 0.3) is 0 Å². The van der Waals surface area contributed by atoms with Gasteiger partial charge in [-0.2, -0.15) is 0 Å². The zero-order valence-electron chi connectivity index (χ0n) is 6.22. The van der Waals surface area contributed by atoms with E-state index in [0.29, 0.717) is 5.82 Å². The molecule has 1 aliphatic rings. The fourth-order valence-corrected chi connectivity index (χ4v) is 1.06. The van der Waals surface area contributed by atoms with Gasteiger partial charge in [0.15, 0.2) is 0 Å². The largest absolute Gasteiger partial charge is 0.374 e. The second-order valence-corrected chi connectivity index (χ2v) is 2.87. The molecule has 0 aliphatic carbocycles. The summed E-state index contributed by atoms with van der Waals surface area (Å²) in [5.74, 6) is 0.390. The van der Waals surface area contributed by atoms with E-state index in [9.17, 15) is 4.39 Å². The number of aromatic nitrogens is 2. The number of hydrogen-bond acceptors (Lipinski definition) is 2. The summed E-state index contributed by atoms with van der Waals surface area (Å²) in [5, 5.41) is 0. The Kier molecular flexibility index (Phi) is 1.26. The number of hydrogen-bond donors (Lipinski definition) is 1. The van der Waals surface area contributed by atoms with Crippen molar-refractivity contribution in [3.05, 3.63) is 17.7 Å². The number of alkyl halides is 1.